The molecule has 0 bridgehead atoms. The van der Waals surface area contributed by atoms with Gasteiger partial charge >= 0.3 is 0 Å². The monoisotopic (exact) mass is 351 g/mol. The highest BCUT2D eigenvalue weighted by molar-refractivity contribution is 5.87. The first kappa shape index (κ1) is 18.0. The van der Waals surface area contributed by atoms with Crippen LogP contribution in [0.25, 0.3) is 10.9 Å². The Kier molecular flexibility index (Phi) is 5.89. The topological polar surface area (TPSA) is 56.1 Å². The predicted molar refractivity (Wildman–Crippen MR) is 103 cm³/mol. The van der Waals surface area contributed by atoms with Crippen LogP contribution in [0.5, 0.6) is 5.75 Å². The van der Waals surface area contributed by atoms with Crippen molar-refractivity contribution in [1.82, 2.24) is 14.9 Å². The second kappa shape index (κ2) is 8.52. The summed E-state index contributed by atoms with van der Waals surface area (Å²) in [4.78, 5) is 16.1. The summed E-state index contributed by atoms with van der Waals surface area (Å²) in [5.74, 6) is 1.25. The zero-order valence-corrected chi connectivity index (χ0v) is 15.3. The number of pyridine rings is 1. The highest BCUT2D eigenvalue weighted by atomic mass is 16.5. The summed E-state index contributed by atoms with van der Waals surface area (Å²) in [5, 5.41) is 3.88. The highest BCUT2D eigenvalue weighted by Gasteiger charge is 2.09. The minimum absolute atomic E-state index is 0.00342. The average Bonchev–Trinajstić information content (AvgIpc) is 3.07. The van der Waals surface area contributed by atoms with Crippen LogP contribution in [0.15, 0.2) is 55.0 Å². The molecule has 0 fully saturated rings. The summed E-state index contributed by atoms with van der Waals surface area (Å²) in [7, 11) is 0. The fourth-order valence-electron chi connectivity index (χ4n) is 2.81. The van der Waals surface area contributed by atoms with Gasteiger partial charge in [-0.2, -0.15) is 0 Å². The van der Waals surface area contributed by atoms with E-state index >= 15 is 0 Å². The molecule has 136 valence electrons. The Morgan fingerprint density at radius 3 is 2.88 bits per heavy atom. The molecule has 3 rings (SSSR count). The van der Waals surface area contributed by atoms with Crippen molar-refractivity contribution < 1.29 is 9.53 Å². The van der Waals surface area contributed by atoms with E-state index in [4.69, 9.17) is 4.74 Å². The number of carbonyl (C=O) groups is 1. The van der Waals surface area contributed by atoms with Crippen LogP contribution in [-0.4, -0.2) is 22.1 Å². The van der Waals surface area contributed by atoms with E-state index < -0.39 is 0 Å². The Bertz CT molecular complexity index is 856. The molecule has 0 unspecified atom stereocenters. The smallest absolute Gasteiger partial charge is 0.258 e. The molecule has 2 aromatic heterocycles. The Morgan fingerprint density at radius 1 is 1.23 bits per heavy atom. The van der Waals surface area contributed by atoms with Crippen LogP contribution in [0.4, 0.5) is 0 Å². The van der Waals surface area contributed by atoms with Crippen molar-refractivity contribution in [1.29, 1.82) is 0 Å². The van der Waals surface area contributed by atoms with Crippen LogP contribution in [0.1, 0.15) is 25.8 Å². The molecule has 5 heteroatoms. The van der Waals surface area contributed by atoms with E-state index in [2.05, 4.69) is 47.0 Å². The number of aryl methyl sites for hydroxylation is 1. The van der Waals surface area contributed by atoms with Crippen LogP contribution in [-0.2, 0) is 17.9 Å². The molecule has 1 amide bonds. The van der Waals surface area contributed by atoms with Gasteiger partial charge in [0.15, 0.2) is 6.61 Å². The number of nitrogens with one attached hydrogen (secondary N) is 1. The largest absolute Gasteiger partial charge is 0.483 e. The molecule has 26 heavy (non-hydrogen) atoms. The fraction of sp³-hybridized carbons (Fsp3) is 0.333. The maximum atomic E-state index is 12.0. The van der Waals surface area contributed by atoms with Gasteiger partial charge in [0.05, 0.1) is 5.52 Å². The first-order valence-electron chi connectivity index (χ1n) is 9.00. The molecule has 5 nitrogen and oxygen atoms in total. The number of carbonyl (C=O) groups excluding carboxylic acids is 1. The van der Waals surface area contributed by atoms with Crippen molar-refractivity contribution in [2.75, 3.05) is 6.61 Å². The van der Waals surface area contributed by atoms with Crippen LogP contribution >= 0.6 is 0 Å². The molecule has 0 atom stereocenters. The van der Waals surface area contributed by atoms with Gasteiger partial charge in [-0.1, -0.05) is 26.0 Å². The quantitative estimate of drug-likeness (QED) is 0.672. The van der Waals surface area contributed by atoms with E-state index in [1.807, 2.05) is 24.3 Å². The van der Waals surface area contributed by atoms with Crippen LogP contribution in [0, 0.1) is 5.92 Å². The standard InChI is InChI=1S/C21H25N3O2/c1-16(2)8-11-24-12-9-18-19(24)6-3-7-20(18)26-15-21(25)23-14-17-5-4-10-22-13-17/h3-7,9-10,12-13,16H,8,11,14-15H2,1-2H3,(H,23,25). The van der Waals surface area contributed by atoms with Gasteiger partial charge in [-0.3, -0.25) is 9.78 Å². The molecule has 0 aliphatic heterocycles. The van der Waals surface area contributed by atoms with Crippen molar-refractivity contribution in [2.45, 2.75) is 33.4 Å². The number of benzene rings is 1. The zero-order valence-electron chi connectivity index (χ0n) is 15.3. The summed E-state index contributed by atoms with van der Waals surface area (Å²) in [6, 6.07) is 11.8. The summed E-state index contributed by atoms with van der Waals surface area (Å²) in [6.45, 7) is 5.88. The third kappa shape index (κ3) is 4.63. The lowest BCUT2D eigenvalue weighted by Crippen LogP contribution is -2.28. The third-order valence-electron chi connectivity index (χ3n) is 4.29. The first-order valence-corrected chi connectivity index (χ1v) is 9.00. The number of ether oxygens (including phenoxy) is 1. The number of hydrogen-bond acceptors (Lipinski definition) is 3. The molecule has 3 aromatic rings. The second-order valence-corrected chi connectivity index (χ2v) is 6.81. The van der Waals surface area contributed by atoms with E-state index in [-0.39, 0.29) is 12.5 Å². The maximum Gasteiger partial charge on any atom is 0.258 e. The van der Waals surface area contributed by atoms with Crippen molar-refractivity contribution >= 4 is 16.8 Å². The average molecular weight is 351 g/mol. The summed E-state index contributed by atoms with van der Waals surface area (Å²) in [6.07, 6.45) is 6.66. The lowest BCUT2D eigenvalue weighted by molar-refractivity contribution is -0.123. The van der Waals surface area contributed by atoms with Gasteiger partial charge in [0.1, 0.15) is 5.75 Å². The molecular formula is C21H25N3O2. The van der Waals surface area contributed by atoms with Crippen molar-refractivity contribution in [3.05, 3.63) is 60.6 Å². The van der Waals surface area contributed by atoms with Crippen LogP contribution in [0.2, 0.25) is 0 Å². The molecule has 1 N–H and O–H groups in total. The molecule has 0 aliphatic rings. The van der Waals surface area contributed by atoms with E-state index in [0.29, 0.717) is 12.5 Å². The number of fused-ring (bicyclic) bond motifs is 1. The highest BCUT2D eigenvalue weighted by Crippen LogP contribution is 2.27. The number of aromatic nitrogens is 2. The minimum Gasteiger partial charge on any atom is -0.483 e. The number of nitrogens with zero attached hydrogens (tertiary/aromatic N) is 2. The molecule has 2 heterocycles. The predicted octanol–water partition coefficient (Wildman–Crippen LogP) is 3.78. The zero-order chi connectivity index (χ0) is 18.4. The molecule has 0 aliphatic carbocycles. The normalized spacial score (nSPS) is 11.0. The van der Waals surface area contributed by atoms with Crippen molar-refractivity contribution in [2.24, 2.45) is 5.92 Å². The van der Waals surface area contributed by atoms with Gasteiger partial charge in [0, 0.05) is 37.1 Å². The third-order valence-corrected chi connectivity index (χ3v) is 4.29. The number of hydrogen-bond donors (Lipinski definition) is 1. The van der Waals surface area contributed by atoms with Crippen LogP contribution in [0.3, 0.4) is 0 Å². The number of rotatable bonds is 8. The maximum absolute atomic E-state index is 12.0. The van der Waals surface area contributed by atoms with Crippen LogP contribution < -0.4 is 10.1 Å². The molecule has 0 saturated heterocycles. The Balaban J connectivity index is 1.59. The fourth-order valence-corrected chi connectivity index (χ4v) is 2.81. The molecular weight excluding hydrogens is 326 g/mol. The van der Waals surface area contributed by atoms with Gasteiger partial charge < -0.3 is 14.6 Å². The van der Waals surface area contributed by atoms with Crippen molar-refractivity contribution in [3.63, 3.8) is 0 Å². The lowest BCUT2D eigenvalue weighted by Gasteiger charge is -2.10. The Hall–Kier alpha value is -2.82. The van der Waals surface area contributed by atoms with Gasteiger partial charge in [0.25, 0.3) is 5.91 Å². The van der Waals surface area contributed by atoms with Gasteiger partial charge in [0.2, 0.25) is 0 Å². The van der Waals surface area contributed by atoms with E-state index in [0.717, 1.165) is 35.2 Å². The number of amides is 1. The van der Waals surface area contributed by atoms with E-state index in [1.165, 1.54) is 0 Å². The minimum atomic E-state index is -0.148. The van der Waals surface area contributed by atoms with Gasteiger partial charge in [-0.05, 0) is 42.2 Å². The van der Waals surface area contributed by atoms with Gasteiger partial charge in [-0.15, -0.1) is 0 Å². The molecule has 0 saturated carbocycles. The first-order chi connectivity index (χ1) is 12.6. The Labute approximate surface area is 154 Å². The van der Waals surface area contributed by atoms with Gasteiger partial charge in [-0.25, -0.2) is 0 Å². The van der Waals surface area contributed by atoms with Crippen molar-refractivity contribution in [3.8, 4) is 5.75 Å². The summed E-state index contributed by atoms with van der Waals surface area (Å²) in [5.41, 5.74) is 2.10. The van der Waals surface area contributed by atoms with E-state index in [9.17, 15) is 4.79 Å². The Morgan fingerprint density at radius 2 is 2.12 bits per heavy atom. The molecule has 0 spiro atoms. The lowest BCUT2D eigenvalue weighted by atomic mass is 10.1. The SMILES string of the molecule is CC(C)CCn1ccc2c(OCC(=O)NCc3cccnc3)cccc21. The molecule has 1 aromatic carbocycles. The second-order valence-electron chi connectivity index (χ2n) is 6.81. The van der Waals surface area contributed by atoms with E-state index in [1.54, 1.807) is 12.4 Å². The molecule has 0 radical (unpaired) electrons. The summed E-state index contributed by atoms with van der Waals surface area (Å²) >= 11 is 0. The summed E-state index contributed by atoms with van der Waals surface area (Å²) < 4.78 is 8.01.